The molecule has 1 aromatic heterocycles. The Kier molecular flexibility index (Phi) is 4.36. The Morgan fingerprint density at radius 2 is 1.67 bits per heavy atom. The van der Waals surface area contributed by atoms with Crippen molar-refractivity contribution in [1.29, 1.82) is 0 Å². The van der Waals surface area contributed by atoms with Crippen LogP contribution in [0, 0.1) is 6.92 Å². The van der Waals surface area contributed by atoms with E-state index in [1.165, 1.54) is 11.1 Å². The molecule has 1 atom stereocenters. The lowest BCUT2D eigenvalue weighted by Gasteiger charge is -2.38. The minimum absolute atomic E-state index is 0.00542. The van der Waals surface area contributed by atoms with Gasteiger partial charge in [-0.2, -0.15) is 5.10 Å². The zero-order valence-corrected chi connectivity index (χ0v) is 16.0. The number of methoxy groups -OCH3 is 2. The van der Waals surface area contributed by atoms with Crippen molar-refractivity contribution in [2.24, 2.45) is 0 Å². The molecule has 5 nitrogen and oxygen atoms in total. The summed E-state index contributed by atoms with van der Waals surface area (Å²) < 4.78 is 11.1. The Morgan fingerprint density at radius 1 is 0.963 bits per heavy atom. The third-order valence-electron chi connectivity index (χ3n) is 5.03. The average Bonchev–Trinajstić information content (AvgIpc) is 3.21. The molecule has 0 fully saturated rings. The Labute approximate surface area is 159 Å². The maximum Gasteiger partial charge on any atom is 0.161 e. The fourth-order valence-electron chi connectivity index (χ4n) is 3.70. The van der Waals surface area contributed by atoms with Crippen LogP contribution in [0.1, 0.15) is 35.2 Å². The van der Waals surface area contributed by atoms with Gasteiger partial charge >= 0.3 is 0 Å². The Bertz CT molecular complexity index is 976. The summed E-state index contributed by atoms with van der Waals surface area (Å²) >= 11 is 0. The number of allylic oxidation sites excluding steroid dienone is 1. The lowest BCUT2D eigenvalue weighted by Crippen LogP contribution is -2.31. The number of aromatic nitrogens is 2. The highest BCUT2D eigenvalue weighted by molar-refractivity contribution is 5.72. The number of nitrogens with zero attached hydrogens (tertiary/aromatic N) is 2. The smallest absolute Gasteiger partial charge is 0.161 e. The first kappa shape index (κ1) is 17.2. The molecule has 0 saturated carbocycles. The van der Waals surface area contributed by atoms with Gasteiger partial charge in [-0.25, -0.2) is 0 Å². The van der Waals surface area contributed by atoms with Crippen molar-refractivity contribution >= 4 is 11.9 Å². The SMILES string of the molecule is COc1cc2c(cc1OC)C(c1ccc(C)cc1)N(c1ccn[nH]1)C(C)=C2. The number of benzene rings is 2. The molecule has 0 aliphatic carbocycles. The van der Waals surface area contributed by atoms with Crippen LogP contribution in [-0.2, 0) is 0 Å². The third kappa shape index (κ3) is 2.95. The molecule has 3 aromatic rings. The van der Waals surface area contributed by atoms with Gasteiger partial charge in [-0.3, -0.25) is 5.10 Å². The lowest BCUT2D eigenvalue weighted by atomic mass is 9.88. The zero-order valence-electron chi connectivity index (χ0n) is 16.0. The van der Waals surface area contributed by atoms with Gasteiger partial charge in [-0.05, 0) is 48.7 Å². The number of aryl methyl sites for hydroxylation is 1. The molecular formula is C22H23N3O2. The van der Waals surface area contributed by atoms with Crippen LogP contribution in [0.3, 0.4) is 0 Å². The molecule has 1 aliphatic heterocycles. The fraction of sp³-hybridized carbons (Fsp3) is 0.227. The van der Waals surface area contributed by atoms with Gasteiger partial charge < -0.3 is 14.4 Å². The summed E-state index contributed by atoms with van der Waals surface area (Å²) in [6.45, 7) is 4.21. The predicted molar refractivity (Wildman–Crippen MR) is 107 cm³/mol. The summed E-state index contributed by atoms with van der Waals surface area (Å²) in [4.78, 5) is 2.27. The summed E-state index contributed by atoms with van der Waals surface area (Å²) in [6, 6.07) is 14.8. The molecule has 0 radical (unpaired) electrons. The molecule has 0 amide bonds. The number of hydrogen-bond donors (Lipinski definition) is 1. The number of fused-ring (bicyclic) bond motifs is 1. The van der Waals surface area contributed by atoms with Gasteiger partial charge in [0.25, 0.3) is 0 Å². The van der Waals surface area contributed by atoms with Gasteiger partial charge in [0.2, 0.25) is 0 Å². The minimum Gasteiger partial charge on any atom is -0.493 e. The minimum atomic E-state index is 0.00542. The Morgan fingerprint density at radius 3 is 2.30 bits per heavy atom. The van der Waals surface area contributed by atoms with Gasteiger partial charge in [0.1, 0.15) is 5.82 Å². The molecule has 0 bridgehead atoms. The molecule has 138 valence electrons. The summed E-state index contributed by atoms with van der Waals surface area (Å²) in [7, 11) is 3.33. The zero-order chi connectivity index (χ0) is 19.0. The van der Waals surface area contributed by atoms with E-state index < -0.39 is 0 Å². The van der Waals surface area contributed by atoms with E-state index in [0.717, 1.165) is 34.1 Å². The topological polar surface area (TPSA) is 50.4 Å². The molecule has 0 spiro atoms. The number of hydrogen-bond acceptors (Lipinski definition) is 4. The maximum atomic E-state index is 5.57. The molecule has 2 aromatic carbocycles. The number of anilines is 1. The van der Waals surface area contributed by atoms with Gasteiger partial charge in [0, 0.05) is 11.8 Å². The lowest BCUT2D eigenvalue weighted by molar-refractivity contribution is 0.354. The van der Waals surface area contributed by atoms with Gasteiger partial charge in [0.05, 0.1) is 26.5 Å². The summed E-state index contributed by atoms with van der Waals surface area (Å²) in [5.74, 6) is 2.42. The molecule has 27 heavy (non-hydrogen) atoms. The van der Waals surface area contributed by atoms with E-state index >= 15 is 0 Å². The van der Waals surface area contributed by atoms with Crippen molar-refractivity contribution in [3.05, 3.63) is 76.6 Å². The highest BCUT2D eigenvalue weighted by Gasteiger charge is 2.31. The van der Waals surface area contributed by atoms with Crippen LogP contribution in [0.2, 0.25) is 0 Å². The summed E-state index contributed by atoms with van der Waals surface area (Å²) in [5, 5.41) is 7.26. The molecule has 2 heterocycles. The van der Waals surface area contributed by atoms with Crippen molar-refractivity contribution in [1.82, 2.24) is 10.2 Å². The molecular weight excluding hydrogens is 338 g/mol. The van der Waals surface area contributed by atoms with Crippen LogP contribution < -0.4 is 14.4 Å². The van der Waals surface area contributed by atoms with E-state index in [1.54, 1.807) is 20.4 Å². The highest BCUT2D eigenvalue weighted by atomic mass is 16.5. The van der Waals surface area contributed by atoms with E-state index in [-0.39, 0.29) is 6.04 Å². The van der Waals surface area contributed by atoms with Gasteiger partial charge in [-0.15, -0.1) is 0 Å². The second-order valence-corrected chi connectivity index (χ2v) is 6.75. The number of nitrogens with one attached hydrogen (secondary N) is 1. The average molecular weight is 361 g/mol. The molecule has 0 saturated heterocycles. The van der Waals surface area contributed by atoms with Crippen molar-refractivity contribution in [3.8, 4) is 11.5 Å². The second kappa shape index (κ2) is 6.83. The van der Waals surface area contributed by atoms with E-state index in [4.69, 9.17) is 9.47 Å². The quantitative estimate of drug-likeness (QED) is 0.731. The van der Waals surface area contributed by atoms with E-state index in [1.807, 2.05) is 12.1 Å². The molecule has 1 unspecified atom stereocenters. The van der Waals surface area contributed by atoms with Crippen molar-refractivity contribution in [2.75, 3.05) is 19.1 Å². The Hall–Kier alpha value is -3.21. The number of ether oxygens (including phenoxy) is 2. The number of rotatable bonds is 4. The van der Waals surface area contributed by atoms with Crippen molar-refractivity contribution in [2.45, 2.75) is 19.9 Å². The highest BCUT2D eigenvalue weighted by Crippen LogP contribution is 2.44. The van der Waals surface area contributed by atoms with Crippen LogP contribution in [0.5, 0.6) is 11.5 Å². The maximum absolute atomic E-state index is 5.57. The first-order valence-electron chi connectivity index (χ1n) is 8.91. The second-order valence-electron chi connectivity index (χ2n) is 6.75. The van der Waals surface area contributed by atoms with Crippen molar-refractivity contribution in [3.63, 3.8) is 0 Å². The molecule has 4 rings (SSSR count). The van der Waals surface area contributed by atoms with E-state index in [2.05, 4.69) is 65.4 Å². The monoisotopic (exact) mass is 361 g/mol. The van der Waals surface area contributed by atoms with Gasteiger partial charge in [-0.1, -0.05) is 29.8 Å². The first-order valence-corrected chi connectivity index (χ1v) is 8.91. The Balaban J connectivity index is 1.95. The summed E-state index contributed by atoms with van der Waals surface area (Å²) in [5.41, 5.74) is 5.87. The number of aromatic amines is 1. The number of H-pyrrole nitrogens is 1. The van der Waals surface area contributed by atoms with E-state index in [9.17, 15) is 0 Å². The van der Waals surface area contributed by atoms with Crippen LogP contribution >= 0.6 is 0 Å². The first-order chi connectivity index (χ1) is 13.1. The normalized spacial score (nSPS) is 15.9. The van der Waals surface area contributed by atoms with Crippen LogP contribution in [-0.4, -0.2) is 24.4 Å². The molecule has 5 heteroatoms. The fourth-order valence-corrected chi connectivity index (χ4v) is 3.70. The third-order valence-corrected chi connectivity index (χ3v) is 5.03. The van der Waals surface area contributed by atoms with E-state index in [0.29, 0.717) is 0 Å². The van der Waals surface area contributed by atoms with Crippen LogP contribution in [0.15, 0.2) is 54.4 Å². The molecule has 1 N–H and O–H groups in total. The predicted octanol–water partition coefficient (Wildman–Crippen LogP) is 4.71. The standard InChI is InChI=1S/C22H23N3O2/c1-14-5-7-16(8-6-14)22-18-13-20(27-4)19(26-3)12-17(18)11-15(2)25(22)21-9-10-23-24-21/h5-13,22H,1-4H3,(H,23,24). The molecule has 1 aliphatic rings. The van der Waals surface area contributed by atoms with Crippen molar-refractivity contribution < 1.29 is 9.47 Å². The largest absolute Gasteiger partial charge is 0.493 e. The van der Waals surface area contributed by atoms with Crippen LogP contribution in [0.4, 0.5) is 5.82 Å². The van der Waals surface area contributed by atoms with Gasteiger partial charge in [0.15, 0.2) is 11.5 Å². The van der Waals surface area contributed by atoms with Crippen LogP contribution in [0.25, 0.3) is 6.08 Å². The summed E-state index contributed by atoms with van der Waals surface area (Å²) in [6.07, 6.45) is 3.95.